The highest BCUT2D eigenvalue weighted by Gasteiger charge is 1.92. The summed E-state index contributed by atoms with van der Waals surface area (Å²) in [6.45, 7) is 5.92. The molecule has 3 heteroatoms. The van der Waals surface area contributed by atoms with Gasteiger partial charge in [-0.2, -0.15) is 0 Å². The molecular formula is C9H15BrN2. The fourth-order valence-corrected chi connectivity index (χ4v) is 1.49. The van der Waals surface area contributed by atoms with Gasteiger partial charge in [0, 0.05) is 17.7 Å². The third-order valence-electron chi connectivity index (χ3n) is 1.40. The minimum absolute atomic E-state index is 0.559. The van der Waals surface area contributed by atoms with Crippen LogP contribution < -0.4 is 5.49 Å². The molecule has 0 aliphatic rings. The molecule has 0 atom stereocenters. The summed E-state index contributed by atoms with van der Waals surface area (Å²) in [5, 5.41) is 7.48. The Labute approximate surface area is 81.9 Å². The van der Waals surface area contributed by atoms with Gasteiger partial charge >= 0.3 is 0 Å². The molecule has 1 aromatic heterocycles. The van der Waals surface area contributed by atoms with E-state index < -0.39 is 0 Å². The van der Waals surface area contributed by atoms with Crippen LogP contribution in [0.1, 0.15) is 19.4 Å². The average Bonchev–Trinajstić information content (AvgIpc) is 2.04. The van der Waals surface area contributed by atoms with Crippen molar-refractivity contribution in [1.82, 2.24) is 4.57 Å². The first-order chi connectivity index (χ1) is 5.61. The zero-order valence-corrected chi connectivity index (χ0v) is 9.57. The molecule has 0 saturated carbocycles. The summed E-state index contributed by atoms with van der Waals surface area (Å²) in [5.41, 5.74) is 1.54. The molecule has 0 bridgehead atoms. The largest absolute Gasteiger partial charge is 0.335 e. The third kappa shape index (κ3) is 2.81. The molecule has 68 valence electrons. The molecule has 0 fully saturated rings. The molecule has 1 N–H and O–H groups in total. The summed E-state index contributed by atoms with van der Waals surface area (Å²) >= 11 is 3.34. The van der Waals surface area contributed by atoms with Gasteiger partial charge in [-0.3, -0.25) is 5.41 Å². The normalized spacial score (nSPS) is 8.75. The van der Waals surface area contributed by atoms with Crippen LogP contribution in [0.3, 0.4) is 0 Å². The van der Waals surface area contributed by atoms with E-state index in [9.17, 15) is 0 Å². The van der Waals surface area contributed by atoms with E-state index >= 15 is 0 Å². The average molecular weight is 231 g/mol. The van der Waals surface area contributed by atoms with Gasteiger partial charge in [0.25, 0.3) is 0 Å². The summed E-state index contributed by atoms with van der Waals surface area (Å²) < 4.78 is 2.79. The lowest BCUT2D eigenvalue weighted by molar-refractivity contribution is 0.800. The van der Waals surface area contributed by atoms with Crippen molar-refractivity contribution >= 4 is 15.9 Å². The Balaban J connectivity index is 0.000000561. The lowest BCUT2D eigenvalue weighted by atomic mass is 10.3. The number of nitrogens with one attached hydrogen (secondary N) is 1. The van der Waals surface area contributed by atoms with E-state index in [1.54, 1.807) is 4.57 Å². The highest BCUT2D eigenvalue weighted by molar-refractivity contribution is 9.10. The van der Waals surface area contributed by atoms with E-state index in [2.05, 4.69) is 15.9 Å². The maximum Gasteiger partial charge on any atom is 0.127 e. The molecule has 0 spiro atoms. The second kappa shape index (κ2) is 5.14. The van der Waals surface area contributed by atoms with Crippen molar-refractivity contribution in [2.45, 2.75) is 20.8 Å². The highest BCUT2D eigenvalue weighted by Crippen LogP contribution is 2.06. The van der Waals surface area contributed by atoms with Gasteiger partial charge in [0.05, 0.1) is 0 Å². The molecule has 1 rings (SSSR count). The molecule has 0 saturated heterocycles. The van der Waals surface area contributed by atoms with Crippen LogP contribution in [-0.4, -0.2) is 4.57 Å². The summed E-state index contributed by atoms with van der Waals surface area (Å²) in [5.74, 6) is 0. The Morgan fingerprint density at radius 3 is 2.33 bits per heavy atom. The first-order valence-electron chi connectivity index (χ1n) is 3.98. The van der Waals surface area contributed by atoms with Crippen LogP contribution in [0.25, 0.3) is 0 Å². The van der Waals surface area contributed by atoms with E-state index in [-0.39, 0.29) is 0 Å². The van der Waals surface area contributed by atoms with Crippen molar-refractivity contribution in [3.05, 3.63) is 27.8 Å². The minimum atomic E-state index is 0.559. The maximum absolute atomic E-state index is 7.48. The third-order valence-corrected chi connectivity index (χ3v) is 1.83. The smallest absolute Gasteiger partial charge is 0.127 e. The van der Waals surface area contributed by atoms with Gasteiger partial charge in [-0.15, -0.1) is 0 Å². The van der Waals surface area contributed by atoms with Crippen LogP contribution in [0.5, 0.6) is 0 Å². The minimum Gasteiger partial charge on any atom is -0.335 e. The molecule has 2 nitrogen and oxygen atoms in total. The summed E-state index contributed by atoms with van der Waals surface area (Å²) in [4.78, 5) is 0. The van der Waals surface area contributed by atoms with E-state index in [1.807, 2.05) is 40.1 Å². The van der Waals surface area contributed by atoms with Crippen molar-refractivity contribution in [2.24, 2.45) is 7.05 Å². The van der Waals surface area contributed by atoms with Crippen molar-refractivity contribution < 1.29 is 0 Å². The van der Waals surface area contributed by atoms with Crippen LogP contribution in [0.4, 0.5) is 0 Å². The molecule has 12 heavy (non-hydrogen) atoms. The van der Waals surface area contributed by atoms with Gasteiger partial charge in [0.15, 0.2) is 0 Å². The Kier molecular flexibility index (Phi) is 4.90. The number of halogens is 1. The SMILES string of the molecule is CC.Cc1cc(Br)cn(C)c1=N. The van der Waals surface area contributed by atoms with Gasteiger partial charge in [-0.1, -0.05) is 13.8 Å². The zero-order chi connectivity index (χ0) is 9.72. The predicted octanol–water partition coefficient (Wildman–Crippen LogP) is 2.60. The van der Waals surface area contributed by atoms with E-state index in [0.29, 0.717) is 5.49 Å². The Bertz CT molecular complexity index is 276. The lowest BCUT2D eigenvalue weighted by Gasteiger charge is -2.01. The van der Waals surface area contributed by atoms with Gasteiger partial charge in [0.1, 0.15) is 5.49 Å². The number of hydrogen-bond acceptors (Lipinski definition) is 1. The zero-order valence-electron chi connectivity index (χ0n) is 7.98. The van der Waals surface area contributed by atoms with E-state index in [0.717, 1.165) is 10.0 Å². The fraction of sp³-hybridized carbons (Fsp3) is 0.444. The van der Waals surface area contributed by atoms with Crippen LogP contribution in [0, 0.1) is 12.3 Å². The van der Waals surface area contributed by atoms with Crippen LogP contribution in [0.2, 0.25) is 0 Å². The fourth-order valence-electron chi connectivity index (χ4n) is 0.840. The number of aryl methyl sites for hydroxylation is 2. The van der Waals surface area contributed by atoms with Gasteiger partial charge in [-0.25, -0.2) is 0 Å². The lowest BCUT2D eigenvalue weighted by Crippen LogP contribution is -2.18. The Morgan fingerprint density at radius 2 is 1.92 bits per heavy atom. The predicted molar refractivity (Wildman–Crippen MR) is 55.1 cm³/mol. The quantitative estimate of drug-likeness (QED) is 0.711. The molecule has 0 aromatic carbocycles. The standard InChI is InChI=1S/C7H9BrN2.C2H6/c1-5-3-6(8)4-10(2)7(5)9;1-2/h3-4,9H,1-2H3;1-2H3. The topological polar surface area (TPSA) is 28.8 Å². The summed E-state index contributed by atoms with van der Waals surface area (Å²) in [6, 6.07) is 1.93. The molecule has 0 aliphatic carbocycles. The molecule has 1 heterocycles. The second-order valence-electron chi connectivity index (χ2n) is 2.30. The summed E-state index contributed by atoms with van der Waals surface area (Å²) in [7, 11) is 1.86. The number of rotatable bonds is 0. The Morgan fingerprint density at radius 1 is 1.42 bits per heavy atom. The molecule has 0 aliphatic heterocycles. The van der Waals surface area contributed by atoms with Crippen LogP contribution in [-0.2, 0) is 7.05 Å². The number of hydrogen-bond donors (Lipinski definition) is 1. The Hall–Kier alpha value is -0.570. The number of pyridine rings is 1. The molecule has 0 radical (unpaired) electrons. The van der Waals surface area contributed by atoms with Crippen LogP contribution >= 0.6 is 15.9 Å². The maximum atomic E-state index is 7.48. The van der Waals surface area contributed by atoms with Gasteiger partial charge in [0.2, 0.25) is 0 Å². The van der Waals surface area contributed by atoms with Gasteiger partial charge < -0.3 is 4.57 Å². The highest BCUT2D eigenvalue weighted by atomic mass is 79.9. The van der Waals surface area contributed by atoms with Crippen molar-refractivity contribution in [2.75, 3.05) is 0 Å². The first kappa shape index (κ1) is 11.4. The molecule has 0 unspecified atom stereocenters. The first-order valence-corrected chi connectivity index (χ1v) is 4.78. The molecule has 0 amide bonds. The van der Waals surface area contributed by atoms with Gasteiger partial charge in [-0.05, 0) is 34.5 Å². The van der Waals surface area contributed by atoms with Crippen molar-refractivity contribution in [1.29, 1.82) is 5.41 Å². The molecule has 1 aromatic rings. The monoisotopic (exact) mass is 230 g/mol. The van der Waals surface area contributed by atoms with Crippen molar-refractivity contribution in [3.63, 3.8) is 0 Å². The molecular weight excluding hydrogens is 216 g/mol. The number of aromatic nitrogens is 1. The van der Waals surface area contributed by atoms with Crippen LogP contribution in [0.15, 0.2) is 16.7 Å². The van der Waals surface area contributed by atoms with E-state index in [1.165, 1.54) is 0 Å². The summed E-state index contributed by atoms with van der Waals surface area (Å²) in [6.07, 6.45) is 1.87. The number of nitrogens with zero attached hydrogens (tertiary/aromatic N) is 1. The second-order valence-corrected chi connectivity index (χ2v) is 3.22. The van der Waals surface area contributed by atoms with Crippen molar-refractivity contribution in [3.8, 4) is 0 Å². The van der Waals surface area contributed by atoms with E-state index in [4.69, 9.17) is 5.41 Å².